The molecule has 1 saturated heterocycles. The zero-order valence-electron chi connectivity index (χ0n) is 30.9. The molecule has 2 rings (SSSR count). The summed E-state index contributed by atoms with van der Waals surface area (Å²) in [6.45, 7) is 12.8. The van der Waals surface area contributed by atoms with E-state index in [-0.39, 0.29) is 50.3 Å². The first-order valence-electron chi connectivity index (χ1n) is 18.3. The van der Waals surface area contributed by atoms with Crippen LogP contribution >= 0.6 is 0 Å². The van der Waals surface area contributed by atoms with E-state index >= 15 is 0 Å². The van der Waals surface area contributed by atoms with Crippen molar-refractivity contribution in [2.24, 2.45) is 35.0 Å². The number of amides is 5. The standard InChI is InChI=1S/C33H65N9O9/c1-4-5-9-42(32(47)38-27(6-8-34)29(36)44)40-31(46)33(19-26(33)20-35)39-28(43)21-37-30(45)25-7-10-41(22-25)11-12-48-13-14-49-15-16-50-17-18-51-23-24(2)3/h24-28,39,43H,4-23,34-35H2,1-3H3,(H2,36,44)(H,37,45)(H,38,47)(H,40,46)/t25-,26?,27-,28?,33?/m0/s1. The Labute approximate surface area is 302 Å². The number of likely N-dealkylation sites (tertiary alicyclic amines) is 1. The van der Waals surface area contributed by atoms with Crippen molar-refractivity contribution in [1.82, 2.24) is 31.3 Å². The fraction of sp³-hybridized carbons (Fsp3) is 0.879. The summed E-state index contributed by atoms with van der Waals surface area (Å²) in [5.41, 5.74) is 18.2. The molecule has 1 aliphatic heterocycles. The number of aliphatic hydroxyl groups excluding tert-OH is 1. The molecular weight excluding hydrogens is 666 g/mol. The van der Waals surface area contributed by atoms with Gasteiger partial charge >= 0.3 is 6.03 Å². The van der Waals surface area contributed by atoms with E-state index in [1.54, 1.807) is 0 Å². The van der Waals surface area contributed by atoms with Gasteiger partial charge in [0.05, 0.1) is 58.7 Å². The lowest BCUT2D eigenvalue weighted by atomic mass is 10.1. The van der Waals surface area contributed by atoms with Crippen molar-refractivity contribution in [1.29, 1.82) is 0 Å². The summed E-state index contributed by atoms with van der Waals surface area (Å²) in [6.07, 6.45) is 1.22. The molecule has 0 radical (unpaired) electrons. The third kappa shape index (κ3) is 16.7. The van der Waals surface area contributed by atoms with Crippen LogP contribution in [0.2, 0.25) is 0 Å². The van der Waals surface area contributed by atoms with Crippen LogP contribution in [0, 0.1) is 17.8 Å². The van der Waals surface area contributed by atoms with Crippen molar-refractivity contribution in [3.05, 3.63) is 0 Å². The van der Waals surface area contributed by atoms with Crippen molar-refractivity contribution >= 4 is 23.8 Å². The number of primary amides is 1. The van der Waals surface area contributed by atoms with Crippen molar-refractivity contribution in [3.8, 4) is 0 Å². The first-order valence-corrected chi connectivity index (χ1v) is 18.3. The molecule has 18 heteroatoms. The van der Waals surface area contributed by atoms with E-state index in [4.69, 9.17) is 36.1 Å². The van der Waals surface area contributed by atoms with E-state index in [1.165, 1.54) is 0 Å². The number of unbranched alkanes of at least 4 members (excludes halogenated alkanes) is 1. The molecule has 0 aromatic heterocycles. The molecule has 11 N–H and O–H groups in total. The van der Waals surface area contributed by atoms with Crippen LogP contribution in [0.5, 0.6) is 0 Å². The molecule has 51 heavy (non-hydrogen) atoms. The fourth-order valence-corrected chi connectivity index (χ4v) is 5.67. The lowest BCUT2D eigenvalue weighted by Gasteiger charge is -2.29. The van der Waals surface area contributed by atoms with Gasteiger partial charge in [-0.05, 0) is 51.2 Å². The van der Waals surface area contributed by atoms with Gasteiger partial charge in [-0.2, -0.15) is 0 Å². The SMILES string of the molecule is CCCCN(NC(=O)C1(NC(O)CNC(=O)[C@H]2CCN(CCOCCOCCOCCOCC(C)C)C2)CC1CN)C(=O)N[C@@H](CCN)C(N)=O. The lowest BCUT2D eigenvalue weighted by molar-refractivity contribution is -0.129. The van der Waals surface area contributed by atoms with Gasteiger partial charge in [0.2, 0.25) is 11.8 Å². The first kappa shape index (κ1) is 44.5. The molecule has 1 saturated carbocycles. The molecule has 1 aliphatic carbocycles. The summed E-state index contributed by atoms with van der Waals surface area (Å²) < 4.78 is 22.1. The summed E-state index contributed by atoms with van der Waals surface area (Å²) in [5, 5.41) is 20.1. The van der Waals surface area contributed by atoms with Crippen molar-refractivity contribution < 1.29 is 43.2 Å². The van der Waals surface area contributed by atoms with Crippen LogP contribution in [0.3, 0.4) is 0 Å². The van der Waals surface area contributed by atoms with Crippen LogP contribution in [0.4, 0.5) is 4.79 Å². The Hall–Kier alpha value is -2.68. The minimum absolute atomic E-state index is 0.124. The summed E-state index contributed by atoms with van der Waals surface area (Å²) in [6, 6.07) is -1.70. The molecule has 5 amide bonds. The normalized spacial score (nSPS) is 21.3. The largest absolute Gasteiger partial charge is 0.379 e. The van der Waals surface area contributed by atoms with Gasteiger partial charge in [0.1, 0.15) is 17.8 Å². The second-order valence-corrected chi connectivity index (χ2v) is 13.5. The first-order chi connectivity index (χ1) is 24.5. The summed E-state index contributed by atoms with van der Waals surface area (Å²) >= 11 is 0. The molecule has 5 atom stereocenters. The van der Waals surface area contributed by atoms with Gasteiger partial charge in [0.25, 0.3) is 5.91 Å². The predicted octanol–water partition coefficient (Wildman–Crippen LogP) is -2.18. The molecule has 1 heterocycles. The smallest absolute Gasteiger partial charge is 0.336 e. The highest BCUT2D eigenvalue weighted by Crippen LogP contribution is 2.43. The Morgan fingerprint density at radius 2 is 1.65 bits per heavy atom. The molecule has 2 fully saturated rings. The van der Waals surface area contributed by atoms with E-state index in [1.807, 2.05) is 6.92 Å². The molecule has 2 aliphatic rings. The number of nitrogens with one attached hydrogen (secondary N) is 4. The summed E-state index contributed by atoms with van der Waals surface area (Å²) in [4.78, 5) is 53.3. The molecular formula is C33H65N9O9. The minimum atomic E-state index is -1.25. The average Bonchev–Trinajstić information content (AvgIpc) is 3.60. The third-order valence-corrected chi connectivity index (χ3v) is 8.76. The van der Waals surface area contributed by atoms with E-state index in [0.717, 1.165) is 24.6 Å². The van der Waals surface area contributed by atoms with Gasteiger partial charge in [0.15, 0.2) is 0 Å². The van der Waals surface area contributed by atoms with Crippen LogP contribution in [-0.4, -0.2) is 155 Å². The molecule has 0 aromatic carbocycles. The van der Waals surface area contributed by atoms with E-state index < -0.39 is 35.7 Å². The Morgan fingerprint density at radius 3 is 2.22 bits per heavy atom. The van der Waals surface area contributed by atoms with E-state index in [0.29, 0.717) is 84.5 Å². The van der Waals surface area contributed by atoms with Crippen LogP contribution in [-0.2, 0) is 33.3 Å². The number of carbonyl (C=O) groups is 4. The summed E-state index contributed by atoms with van der Waals surface area (Å²) in [7, 11) is 0. The fourth-order valence-electron chi connectivity index (χ4n) is 5.67. The van der Waals surface area contributed by atoms with Crippen LogP contribution < -0.4 is 38.6 Å². The lowest BCUT2D eigenvalue weighted by Crippen LogP contribution is -2.61. The third-order valence-electron chi connectivity index (χ3n) is 8.76. The monoisotopic (exact) mass is 731 g/mol. The number of nitrogens with zero attached hydrogens (tertiary/aromatic N) is 2. The second kappa shape index (κ2) is 24.5. The average molecular weight is 732 g/mol. The highest BCUT2D eigenvalue weighted by molar-refractivity contribution is 5.92. The topological polar surface area (TPSA) is 258 Å². The maximum atomic E-state index is 13.5. The predicted molar refractivity (Wildman–Crippen MR) is 190 cm³/mol. The van der Waals surface area contributed by atoms with Gasteiger partial charge in [-0.25, -0.2) is 9.80 Å². The maximum absolute atomic E-state index is 13.5. The molecule has 0 spiro atoms. The minimum Gasteiger partial charge on any atom is -0.379 e. The molecule has 0 aromatic rings. The quantitative estimate of drug-likeness (QED) is 0.0242. The van der Waals surface area contributed by atoms with Gasteiger partial charge in [-0.1, -0.05) is 27.2 Å². The van der Waals surface area contributed by atoms with Crippen molar-refractivity contribution in [3.63, 3.8) is 0 Å². The number of rotatable bonds is 28. The van der Waals surface area contributed by atoms with Crippen LogP contribution in [0.1, 0.15) is 52.9 Å². The van der Waals surface area contributed by atoms with Gasteiger partial charge < -0.3 is 56.8 Å². The number of urea groups is 1. The highest BCUT2D eigenvalue weighted by atomic mass is 16.6. The number of nitrogens with two attached hydrogens (primary N) is 3. The second-order valence-electron chi connectivity index (χ2n) is 13.5. The number of hydrazine groups is 1. The maximum Gasteiger partial charge on any atom is 0.336 e. The van der Waals surface area contributed by atoms with E-state index in [2.05, 4.69) is 40.1 Å². The van der Waals surface area contributed by atoms with Crippen molar-refractivity contribution in [2.45, 2.75) is 70.7 Å². The zero-order chi connectivity index (χ0) is 37.6. The molecule has 0 bridgehead atoms. The van der Waals surface area contributed by atoms with Gasteiger partial charge in [0, 0.05) is 32.2 Å². The van der Waals surface area contributed by atoms with E-state index in [9.17, 15) is 24.3 Å². The van der Waals surface area contributed by atoms with Crippen LogP contribution in [0.25, 0.3) is 0 Å². The zero-order valence-corrected chi connectivity index (χ0v) is 30.9. The number of hydrogen-bond acceptors (Lipinski definition) is 13. The Bertz CT molecular complexity index is 1040. The Balaban J connectivity index is 1.69. The number of hydrogen-bond donors (Lipinski definition) is 8. The molecule has 296 valence electrons. The molecule has 3 unspecified atom stereocenters. The summed E-state index contributed by atoms with van der Waals surface area (Å²) in [5.74, 6) is -1.51. The Kier molecular flexibility index (Phi) is 21.4. The van der Waals surface area contributed by atoms with Gasteiger partial charge in [-0.3, -0.25) is 25.1 Å². The van der Waals surface area contributed by atoms with Crippen molar-refractivity contribution in [2.75, 3.05) is 98.7 Å². The number of aliphatic hydroxyl groups is 1. The van der Waals surface area contributed by atoms with Gasteiger partial charge in [-0.15, -0.1) is 0 Å². The highest BCUT2D eigenvalue weighted by Gasteiger charge is 2.60. The van der Waals surface area contributed by atoms with Crippen LogP contribution in [0.15, 0.2) is 0 Å². The number of ether oxygens (including phenoxy) is 4. The molecule has 18 nitrogen and oxygen atoms in total. The Morgan fingerprint density at radius 1 is 1.00 bits per heavy atom. The number of carbonyl (C=O) groups excluding carboxylic acids is 4.